The number of nitrogens with zero attached hydrogens (tertiary/aromatic N) is 5. The van der Waals surface area contributed by atoms with E-state index in [2.05, 4.69) is 31.2 Å². The van der Waals surface area contributed by atoms with Crippen LogP contribution in [0, 0.1) is 5.92 Å². The van der Waals surface area contributed by atoms with Crippen LogP contribution < -0.4 is 5.32 Å². The first-order valence-electron chi connectivity index (χ1n) is 8.18. The molecule has 2 aromatic heterocycles. The van der Waals surface area contributed by atoms with Crippen LogP contribution in [-0.4, -0.2) is 59.2 Å². The number of likely N-dealkylation sites (tertiary alicyclic amines) is 1. The fourth-order valence-corrected chi connectivity index (χ4v) is 3.02. The Labute approximate surface area is 165 Å². The quantitative estimate of drug-likeness (QED) is 0.423. The van der Waals surface area contributed by atoms with Gasteiger partial charge >= 0.3 is 0 Å². The molecule has 0 saturated carbocycles. The number of pyridine rings is 1. The third-order valence-electron chi connectivity index (χ3n) is 4.23. The van der Waals surface area contributed by atoms with Crippen LogP contribution in [0.5, 0.6) is 0 Å². The molecule has 0 aromatic carbocycles. The first kappa shape index (κ1) is 19.6. The number of hydrogen-bond acceptors (Lipinski definition) is 4. The van der Waals surface area contributed by atoms with Gasteiger partial charge in [-0.1, -0.05) is 0 Å². The van der Waals surface area contributed by atoms with E-state index in [4.69, 9.17) is 4.74 Å². The number of ether oxygens (including phenoxy) is 1. The topological polar surface area (TPSA) is 67.6 Å². The van der Waals surface area contributed by atoms with Crippen molar-refractivity contribution in [2.75, 3.05) is 33.9 Å². The zero-order valence-corrected chi connectivity index (χ0v) is 17.0. The van der Waals surface area contributed by atoms with E-state index in [1.165, 1.54) is 0 Å². The molecule has 8 heteroatoms. The smallest absolute Gasteiger partial charge is 0.193 e. The van der Waals surface area contributed by atoms with E-state index < -0.39 is 0 Å². The van der Waals surface area contributed by atoms with Crippen molar-refractivity contribution in [1.29, 1.82) is 0 Å². The largest absolute Gasteiger partial charge is 0.384 e. The Balaban J connectivity index is 0.00000225. The SMILES string of the molecule is CN=C(NCc1ccnc(-n2ccnc2)c1)N1CCC(COC)C1.I. The van der Waals surface area contributed by atoms with Crippen LogP contribution in [0.2, 0.25) is 0 Å². The highest BCUT2D eigenvalue weighted by Crippen LogP contribution is 2.16. The molecule has 1 fully saturated rings. The Morgan fingerprint density at radius 1 is 1.44 bits per heavy atom. The average molecular weight is 456 g/mol. The molecule has 0 radical (unpaired) electrons. The van der Waals surface area contributed by atoms with Gasteiger partial charge in [0.25, 0.3) is 0 Å². The minimum atomic E-state index is 0. The summed E-state index contributed by atoms with van der Waals surface area (Å²) in [7, 11) is 3.59. The van der Waals surface area contributed by atoms with Crippen molar-refractivity contribution in [3.63, 3.8) is 0 Å². The van der Waals surface area contributed by atoms with Crippen LogP contribution >= 0.6 is 24.0 Å². The Morgan fingerprint density at radius 2 is 2.32 bits per heavy atom. The van der Waals surface area contributed by atoms with Crippen LogP contribution in [0.25, 0.3) is 5.82 Å². The predicted molar refractivity (Wildman–Crippen MR) is 109 cm³/mol. The summed E-state index contributed by atoms with van der Waals surface area (Å²) in [6, 6.07) is 4.07. The molecular formula is C17H25IN6O. The van der Waals surface area contributed by atoms with Crippen LogP contribution in [0.3, 0.4) is 0 Å². The van der Waals surface area contributed by atoms with Gasteiger partial charge in [0.2, 0.25) is 0 Å². The molecule has 25 heavy (non-hydrogen) atoms. The molecule has 0 aliphatic carbocycles. The van der Waals surface area contributed by atoms with E-state index in [0.29, 0.717) is 12.5 Å². The maximum absolute atomic E-state index is 5.26. The van der Waals surface area contributed by atoms with Crippen molar-refractivity contribution in [3.05, 3.63) is 42.6 Å². The Morgan fingerprint density at radius 3 is 3.04 bits per heavy atom. The molecule has 2 aromatic rings. The van der Waals surface area contributed by atoms with E-state index in [9.17, 15) is 0 Å². The Bertz CT molecular complexity index is 676. The lowest BCUT2D eigenvalue weighted by molar-refractivity contribution is 0.157. The van der Waals surface area contributed by atoms with Gasteiger partial charge in [-0.05, 0) is 24.1 Å². The number of aromatic nitrogens is 3. The second-order valence-electron chi connectivity index (χ2n) is 5.95. The number of halogens is 1. The van der Waals surface area contributed by atoms with Gasteiger partial charge in [0.05, 0.1) is 6.61 Å². The third kappa shape index (κ3) is 5.15. The van der Waals surface area contributed by atoms with Gasteiger partial charge in [-0.15, -0.1) is 24.0 Å². The Kier molecular flexibility index (Phi) is 7.63. The summed E-state index contributed by atoms with van der Waals surface area (Å²) in [5.41, 5.74) is 1.16. The fourth-order valence-electron chi connectivity index (χ4n) is 3.02. The molecule has 0 amide bonds. The van der Waals surface area contributed by atoms with Crippen molar-refractivity contribution in [2.45, 2.75) is 13.0 Å². The lowest BCUT2D eigenvalue weighted by atomic mass is 10.1. The van der Waals surface area contributed by atoms with E-state index in [-0.39, 0.29) is 24.0 Å². The number of rotatable bonds is 5. The number of aliphatic imine (C=N–C) groups is 1. The first-order chi connectivity index (χ1) is 11.8. The highest BCUT2D eigenvalue weighted by molar-refractivity contribution is 14.0. The zero-order chi connectivity index (χ0) is 16.8. The second-order valence-corrected chi connectivity index (χ2v) is 5.95. The normalized spacial score (nSPS) is 17.4. The van der Waals surface area contributed by atoms with E-state index in [1.807, 2.05) is 30.1 Å². The fraction of sp³-hybridized carbons (Fsp3) is 0.471. The van der Waals surface area contributed by atoms with Crippen molar-refractivity contribution >= 4 is 29.9 Å². The van der Waals surface area contributed by atoms with Gasteiger partial charge < -0.3 is 15.0 Å². The van der Waals surface area contributed by atoms with Crippen molar-refractivity contribution in [3.8, 4) is 5.82 Å². The van der Waals surface area contributed by atoms with Crippen LogP contribution in [0.4, 0.5) is 0 Å². The minimum absolute atomic E-state index is 0. The minimum Gasteiger partial charge on any atom is -0.384 e. The third-order valence-corrected chi connectivity index (χ3v) is 4.23. The summed E-state index contributed by atoms with van der Waals surface area (Å²) in [5, 5.41) is 3.45. The zero-order valence-electron chi connectivity index (χ0n) is 14.6. The van der Waals surface area contributed by atoms with Gasteiger partial charge in [0.1, 0.15) is 12.1 Å². The standard InChI is InChI=1S/C17H24N6O.HI/c1-18-17(22-7-4-15(11-22)12-24-2)21-10-14-3-5-20-16(9-14)23-8-6-19-13-23;/h3,5-6,8-9,13,15H,4,7,10-12H2,1-2H3,(H,18,21);1H. The van der Waals surface area contributed by atoms with Crippen LogP contribution in [0.15, 0.2) is 42.0 Å². The molecule has 1 unspecified atom stereocenters. The average Bonchev–Trinajstić information content (AvgIpc) is 3.28. The highest BCUT2D eigenvalue weighted by atomic mass is 127. The van der Waals surface area contributed by atoms with Gasteiger partial charge in [-0.25, -0.2) is 9.97 Å². The van der Waals surface area contributed by atoms with Gasteiger partial charge in [-0.2, -0.15) is 0 Å². The van der Waals surface area contributed by atoms with Crippen molar-refractivity contribution in [2.24, 2.45) is 10.9 Å². The van der Waals surface area contributed by atoms with Crippen molar-refractivity contribution in [1.82, 2.24) is 24.8 Å². The Hall–Kier alpha value is -1.68. The molecule has 136 valence electrons. The summed E-state index contributed by atoms with van der Waals surface area (Å²) in [6.07, 6.45) is 8.35. The molecule has 1 saturated heterocycles. The van der Waals surface area contributed by atoms with Crippen molar-refractivity contribution < 1.29 is 4.74 Å². The number of nitrogens with one attached hydrogen (secondary N) is 1. The second kappa shape index (κ2) is 9.71. The molecule has 0 bridgehead atoms. The monoisotopic (exact) mass is 456 g/mol. The molecule has 7 nitrogen and oxygen atoms in total. The maximum atomic E-state index is 5.26. The molecule has 0 spiro atoms. The number of methoxy groups -OCH3 is 1. The molecule has 1 aliphatic heterocycles. The number of guanidine groups is 1. The molecule has 1 atom stereocenters. The molecular weight excluding hydrogens is 431 g/mol. The maximum Gasteiger partial charge on any atom is 0.193 e. The molecule has 3 heterocycles. The van der Waals surface area contributed by atoms with E-state index in [0.717, 1.165) is 43.5 Å². The summed E-state index contributed by atoms with van der Waals surface area (Å²) in [5.74, 6) is 2.39. The summed E-state index contributed by atoms with van der Waals surface area (Å²) < 4.78 is 7.16. The number of hydrogen-bond donors (Lipinski definition) is 1. The first-order valence-corrected chi connectivity index (χ1v) is 8.18. The van der Waals surface area contributed by atoms with E-state index >= 15 is 0 Å². The van der Waals surface area contributed by atoms with Crippen LogP contribution in [0.1, 0.15) is 12.0 Å². The lowest BCUT2D eigenvalue weighted by Gasteiger charge is -2.21. The lowest BCUT2D eigenvalue weighted by Crippen LogP contribution is -2.39. The predicted octanol–water partition coefficient (Wildman–Crippen LogP) is 1.93. The number of imidazole rings is 1. The summed E-state index contributed by atoms with van der Waals surface area (Å²) in [4.78, 5) is 15.1. The molecule has 3 rings (SSSR count). The summed E-state index contributed by atoms with van der Waals surface area (Å²) in [6.45, 7) is 3.53. The van der Waals surface area contributed by atoms with Crippen LogP contribution in [-0.2, 0) is 11.3 Å². The molecule has 1 N–H and O–H groups in total. The van der Waals surface area contributed by atoms with E-state index in [1.54, 1.807) is 19.6 Å². The van der Waals surface area contributed by atoms with Gasteiger partial charge in [-0.3, -0.25) is 9.56 Å². The van der Waals surface area contributed by atoms with Gasteiger partial charge in [0, 0.05) is 58.3 Å². The highest BCUT2D eigenvalue weighted by Gasteiger charge is 2.24. The summed E-state index contributed by atoms with van der Waals surface area (Å²) >= 11 is 0. The molecule has 1 aliphatic rings. The van der Waals surface area contributed by atoms with Gasteiger partial charge in [0.15, 0.2) is 5.96 Å².